The highest BCUT2D eigenvalue weighted by molar-refractivity contribution is 6.22. The number of nitrogens with one attached hydrogen (secondary N) is 1. The molecule has 0 aromatic rings. The Morgan fingerprint density at radius 1 is 1.89 bits per heavy atom. The van der Waals surface area contributed by atoms with Crippen LogP contribution in [0.15, 0.2) is 24.0 Å². The Hall–Kier alpha value is -0.430. The Morgan fingerprint density at radius 2 is 2.56 bits per heavy atom. The molecule has 1 aliphatic rings. The van der Waals surface area contributed by atoms with Crippen LogP contribution in [0.1, 0.15) is 13.3 Å². The normalized spacial score (nSPS) is 27.1. The summed E-state index contributed by atoms with van der Waals surface area (Å²) >= 11 is 5.86. The van der Waals surface area contributed by atoms with Crippen LogP contribution in [0.3, 0.4) is 0 Å². The maximum atomic E-state index is 5.86. The number of rotatable bonds is 0. The summed E-state index contributed by atoms with van der Waals surface area (Å²) in [5.41, 5.74) is 2.18. The van der Waals surface area contributed by atoms with Gasteiger partial charge in [-0.1, -0.05) is 12.2 Å². The van der Waals surface area contributed by atoms with Crippen molar-refractivity contribution in [2.75, 3.05) is 0 Å². The first kappa shape index (κ1) is 6.69. The van der Waals surface area contributed by atoms with Crippen molar-refractivity contribution in [1.29, 1.82) is 0 Å². The Bertz CT molecular complexity index is 160. The fourth-order valence-corrected chi connectivity index (χ4v) is 1.08. The maximum Gasteiger partial charge on any atom is 0.0766 e. The van der Waals surface area contributed by atoms with Crippen molar-refractivity contribution in [3.8, 4) is 0 Å². The largest absolute Gasteiger partial charge is 0.364 e. The van der Waals surface area contributed by atoms with Gasteiger partial charge in [-0.25, -0.2) is 0 Å². The van der Waals surface area contributed by atoms with E-state index in [0.29, 0.717) is 0 Å². The van der Waals surface area contributed by atoms with Gasteiger partial charge in [0, 0.05) is 5.70 Å². The van der Waals surface area contributed by atoms with Crippen molar-refractivity contribution in [2.24, 2.45) is 0 Å². The van der Waals surface area contributed by atoms with Gasteiger partial charge in [-0.05, 0) is 19.5 Å². The van der Waals surface area contributed by atoms with E-state index < -0.39 is 0 Å². The Balaban J connectivity index is 2.65. The highest BCUT2D eigenvalue weighted by Gasteiger charge is 2.12. The topological polar surface area (TPSA) is 12.0 Å². The lowest BCUT2D eigenvalue weighted by molar-refractivity contribution is 0.809. The Kier molecular flexibility index (Phi) is 1.81. The van der Waals surface area contributed by atoms with Crippen molar-refractivity contribution in [3.05, 3.63) is 24.0 Å². The van der Waals surface area contributed by atoms with Gasteiger partial charge in [-0.15, -0.1) is 11.6 Å². The summed E-state index contributed by atoms with van der Waals surface area (Å²) in [4.78, 5) is 0. The predicted molar refractivity (Wildman–Crippen MR) is 40.3 cm³/mol. The smallest absolute Gasteiger partial charge is 0.0766 e. The fraction of sp³-hybridized carbons (Fsp3) is 0.429. The molecule has 1 unspecified atom stereocenters. The molecule has 1 atom stereocenters. The molecule has 0 radical (unpaired) electrons. The Morgan fingerprint density at radius 3 is 3.00 bits per heavy atom. The third-order valence-electron chi connectivity index (χ3n) is 1.38. The molecule has 1 heterocycles. The van der Waals surface area contributed by atoms with Crippen molar-refractivity contribution in [2.45, 2.75) is 18.7 Å². The predicted octanol–water partition coefficient (Wildman–Crippen LogP) is 2.00. The standard InChI is InChI=1S/C7H10ClN/c1-5-3-7(8)6(2)9-4-5/h4,7,9H,2-3H2,1H3. The monoisotopic (exact) mass is 143 g/mol. The van der Waals surface area contributed by atoms with Crippen molar-refractivity contribution < 1.29 is 0 Å². The molecule has 0 aromatic heterocycles. The van der Waals surface area contributed by atoms with E-state index in [1.54, 1.807) is 0 Å². The molecule has 9 heavy (non-hydrogen) atoms. The summed E-state index contributed by atoms with van der Waals surface area (Å²) in [7, 11) is 0. The molecule has 0 spiro atoms. The zero-order valence-corrected chi connectivity index (χ0v) is 6.20. The summed E-state index contributed by atoms with van der Waals surface area (Å²) in [6, 6.07) is 0. The lowest BCUT2D eigenvalue weighted by Gasteiger charge is -2.18. The summed E-state index contributed by atoms with van der Waals surface area (Å²) < 4.78 is 0. The molecule has 0 aliphatic carbocycles. The molecular weight excluding hydrogens is 134 g/mol. The average molecular weight is 144 g/mol. The summed E-state index contributed by atoms with van der Waals surface area (Å²) in [5.74, 6) is 0. The van der Waals surface area contributed by atoms with Gasteiger partial charge in [0.25, 0.3) is 0 Å². The highest BCUT2D eigenvalue weighted by Crippen LogP contribution is 2.19. The molecule has 0 saturated carbocycles. The molecule has 0 fully saturated rings. The van der Waals surface area contributed by atoms with Gasteiger partial charge >= 0.3 is 0 Å². The fourth-order valence-electron chi connectivity index (χ4n) is 0.771. The van der Waals surface area contributed by atoms with Gasteiger partial charge in [0.05, 0.1) is 5.38 Å². The lowest BCUT2D eigenvalue weighted by atomic mass is 10.1. The maximum absolute atomic E-state index is 5.86. The van der Waals surface area contributed by atoms with E-state index in [-0.39, 0.29) is 5.38 Å². The van der Waals surface area contributed by atoms with Crippen LogP contribution in [-0.2, 0) is 0 Å². The second-order valence-corrected chi connectivity index (χ2v) is 2.86. The van der Waals surface area contributed by atoms with Gasteiger partial charge < -0.3 is 5.32 Å². The van der Waals surface area contributed by atoms with Crippen LogP contribution >= 0.6 is 11.6 Å². The molecule has 1 N–H and O–H groups in total. The molecule has 0 saturated heterocycles. The molecule has 1 nitrogen and oxygen atoms in total. The van der Waals surface area contributed by atoms with Crippen LogP contribution in [0.4, 0.5) is 0 Å². The average Bonchev–Trinajstić information content (AvgIpc) is 1.80. The minimum Gasteiger partial charge on any atom is -0.364 e. The number of halogens is 1. The minimum atomic E-state index is 0.0787. The van der Waals surface area contributed by atoms with Gasteiger partial charge in [0.15, 0.2) is 0 Å². The van der Waals surface area contributed by atoms with Gasteiger partial charge in [-0.3, -0.25) is 0 Å². The van der Waals surface area contributed by atoms with E-state index in [4.69, 9.17) is 11.6 Å². The molecule has 1 aliphatic heterocycles. The van der Waals surface area contributed by atoms with Crippen LogP contribution in [0.2, 0.25) is 0 Å². The zero-order valence-electron chi connectivity index (χ0n) is 5.45. The molecule has 0 aromatic carbocycles. The van der Waals surface area contributed by atoms with Crippen LogP contribution in [0.25, 0.3) is 0 Å². The number of hydrogen-bond acceptors (Lipinski definition) is 1. The van der Waals surface area contributed by atoms with E-state index in [1.165, 1.54) is 5.57 Å². The van der Waals surface area contributed by atoms with Crippen molar-refractivity contribution >= 4 is 11.6 Å². The third-order valence-corrected chi connectivity index (χ3v) is 1.80. The van der Waals surface area contributed by atoms with E-state index >= 15 is 0 Å². The number of allylic oxidation sites excluding steroid dienone is 2. The quantitative estimate of drug-likeness (QED) is 0.512. The second kappa shape index (κ2) is 2.44. The number of hydrogen-bond donors (Lipinski definition) is 1. The first-order chi connectivity index (χ1) is 4.20. The molecule has 50 valence electrons. The van der Waals surface area contributed by atoms with Crippen LogP contribution < -0.4 is 5.32 Å². The van der Waals surface area contributed by atoms with Crippen LogP contribution in [0, 0.1) is 0 Å². The molecule has 1 rings (SSSR count). The molecule has 0 bridgehead atoms. The van der Waals surface area contributed by atoms with E-state index in [9.17, 15) is 0 Å². The molecular formula is C7H10ClN. The summed E-state index contributed by atoms with van der Waals surface area (Å²) in [5, 5.41) is 3.07. The summed E-state index contributed by atoms with van der Waals surface area (Å²) in [6.45, 7) is 5.79. The van der Waals surface area contributed by atoms with Crippen molar-refractivity contribution in [1.82, 2.24) is 5.32 Å². The zero-order chi connectivity index (χ0) is 6.85. The molecule has 0 amide bonds. The minimum absolute atomic E-state index is 0.0787. The number of alkyl halides is 1. The third kappa shape index (κ3) is 1.49. The van der Waals surface area contributed by atoms with Crippen LogP contribution in [0.5, 0.6) is 0 Å². The first-order valence-corrected chi connectivity index (χ1v) is 3.39. The molecule has 2 heteroatoms. The van der Waals surface area contributed by atoms with Gasteiger partial charge in [-0.2, -0.15) is 0 Å². The van der Waals surface area contributed by atoms with E-state index in [1.807, 2.05) is 6.20 Å². The SMILES string of the molecule is C=C1NC=C(C)CC1Cl. The first-order valence-electron chi connectivity index (χ1n) is 2.95. The highest BCUT2D eigenvalue weighted by atomic mass is 35.5. The lowest BCUT2D eigenvalue weighted by Crippen LogP contribution is -2.20. The van der Waals surface area contributed by atoms with E-state index in [2.05, 4.69) is 18.8 Å². The van der Waals surface area contributed by atoms with Crippen LogP contribution in [-0.4, -0.2) is 5.38 Å². The van der Waals surface area contributed by atoms with Crippen molar-refractivity contribution in [3.63, 3.8) is 0 Å². The van der Waals surface area contributed by atoms with E-state index in [0.717, 1.165) is 12.1 Å². The summed E-state index contributed by atoms with van der Waals surface area (Å²) in [6.07, 6.45) is 2.87. The second-order valence-electron chi connectivity index (χ2n) is 2.33. The Labute approximate surface area is 60.4 Å². The van der Waals surface area contributed by atoms with Gasteiger partial charge in [0.1, 0.15) is 0 Å². The van der Waals surface area contributed by atoms with Gasteiger partial charge in [0.2, 0.25) is 0 Å².